The van der Waals surface area contributed by atoms with Gasteiger partial charge in [-0.05, 0) is 57.7 Å². The average molecular weight is 253 g/mol. The quantitative estimate of drug-likeness (QED) is 0.718. The molecule has 1 amide bonds. The molecule has 2 aliphatic rings. The summed E-state index contributed by atoms with van der Waals surface area (Å²) >= 11 is 0. The Kier molecular flexibility index (Phi) is 5.94. The number of nitrogens with zero attached hydrogens (tertiary/aromatic N) is 1. The molecule has 4 heteroatoms. The standard InChI is InChI=1S/C14H27N3O/c18-14(17-9-2-1-3-10-17)6-8-16-12-13-5-4-7-15-11-13/h13,15-16H,1-12H2. The molecule has 0 aliphatic carbocycles. The Morgan fingerprint density at radius 2 is 2.06 bits per heavy atom. The number of carbonyl (C=O) groups excluding carboxylic acids is 1. The number of rotatable bonds is 5. The van der Waals surface area contributed by atoms with E-state index in [9.17, 15) is 4.79 Å². The van der Waals surface area contributed by atoms with Gasteiger partial charge >= 0.3 is 0 Å². The number of hydrogen-bond acceptors (Lipinski definition) is 3. The molecule has 0 radical (unpaired) electrons. The maximum atomic E-state index is 11.9. The third kappa shape index (κ3) is 4.58. The van der Waals surface area contributed by atoms with Crippen LogP contribution >= 0.6 is 0 Å². The van der Waals surface area contributed by atoms with Crippen LogP contribution in [-0.2, 0) is 4.79 Å². The average Bonchev–Trinajstić information content (AvgIpc) is 2.45. The molecular weight excluding hydrogens is 226 g/mol. The summed E-state index contributed by atoms with van der Waals surface area (Å²) in [6.45, 7) is 6.15. The maximum absolute atomic E-state index is 11.9. The summed E-state index contributed by atoms with van der Waals surface area (Å²) in [5.74, 6) is 1.09. The van der Waals surface area contributed by atoms with E-state index in [1.807, 2.05) is 4.90 Å². The van der Waals surface area contributed by atoms with Crippen molar-refractivity contribution in [2.45, 2.75) is 38.5 Å². The van der Waals surface area contributed by atoms with E-state index in [0.717, 1.165) is 38.6 Å². The minimum Gasteiger partial charge on any atom is -0.343 e. The lowest BCUT2D eigenvalue weighted by atomic mass is 10.00. The van der Waals surface area contributed by atoms with Gasteiger partial charge in [0.2, 0.25) is 5.91 Å². The highest BCUT2D eigenvalue weighted by atomic mass is 16.2. The molecule has 1 atom stereocenters. The van der Waals surface area contributed by atoms with Crippen LogP contribution in [0.4, 0.5) is 0 Å². The minimum atomic E-state index is 0.337. The monoisotopic (exact) mass is 253 g/mol. The third-order valence-electron chi connectivity index (χ3n) is 4.06. The van der Waals surface area contributed by atoms with Gasteiger partial charge < -0.3 is 15.5 Å². The van der Waals surface area contributed by atoms with Crippen molar-refractivity contribution in [1.29, 1.82) is 0 Å². The Bertz CT molecular complexity index is 245. The molecule has 1 unspecified atom stereocenters. The third-order valence-corrected chi connectivity index (χ3v) is 4.06. The van der Waals surface area contributed by atoms with Crippen LogP contribution in [0.3, 0.4) is 0 Å². The topological polar surface area (TPSA) is 44.4 Å². The minimum absolute atomic E-state index is 0.337. The van der Waals surface area contributed by atoms with Gasteiger partial charge in [0, 0.05) is 26.1 Å². The molecule has 2 saturated heterocycles. The maximum Gasteiger partial charge on any atom is 0.223 e. The van der Waals surface area contributed by atoms with E-state index in [-0.39, 0.29) is 0 Å². The first-order valence-corrected chi connectivity index (χ1v) is 7.55. The fraction of sp³-hybridized carbons (Fsp3) is 0.929. The second kappa shape index (κ2) is 7.74. The van der Waals surface area contributed by atoms with Gasteiger partial charge in [-0.15, -0.1) is 0 Å². The van der Waals surface area contributed by atoms with Crippen LogP contribution in [-0.4, -0.2) is 50.1 Å². The van der Waals surface area contributed by atoms with Crippen molar-refractivity contribution in [2.75, 3.05) is 39.3 Å². The van der Waals surface area contributed by atoms with Crippen LogP contribution in [0.5, 0.6) is 0 Å². The highest BCUT2D eigenvalue weighted by Crippen LogP contribution is 2.10. The summed E-state index contributed by atoms with van der Waals surface area (Å²) in [7, 11) is 0. The molecule has 2 heterocycles. The zero-order valence-electron chi connectivity index (χ0n) is 11.4. The Hall–Kier alpha value is -0.610. The fourth-order valence-corrected chi connectivity index (χ4v) is 2.90. The lowest BCUT2D eigenvalue weighted by Crippen LogP contribution is -2.39. The van der Waals surface area contributed by atoms with E-state index in [1.165, 1.54) is 38.6 Å². The molecular formula is C14H27N3O. The zero-order valence-corrected chi connectivity index (χ0v) is 11.4. The fourth-order valence-electron chi connectivity index (χ4n) is 2.90. The highest BCUT2D eigenvalue weighted by Gasteiger charge is 2.16. The van der Waals surface area contributed by atoms with Crippen molar-refractivity contribution in [3.05, 3.63) is 0 Å². The van der Waals surface area contributed by atoms with Crippen molar-refractivity contribution < 1.29 is 4.79 Å². The highest BCUT2D eigenvalue weighted by molar-refractivity contribution is 5.76. The first-order chi connectivity index (χ1) is 8.86. The van der Waals surface area contributed by atoms with Gasteiger partial charge in [0.25, 0.3) is 0 Å². The zero-order chi connectivity index (χ0) is 12.6. The van der Waals surface area contributed by atoms with Gasteiger partial charge in [-0.25, -0.2) is 0 Å². The summed E-state index contributed by atoms with van der Waals surface area (Å²) < 4.78 is 0. The van der Waals surface area contributed by atoms with E-state index in [2.05, 4.69) is 10.6 Å². The van der Waals surface area contributed by atoms with Gasteiger partial charge in [-0.3, -0.25) is 4.79 Å². The molecule has 18 heavy (non-hydrogen) atoms. The molecule has 2 N–H and O–H groups in total. The SMILES string of the molecule is O=C(CCNCC1CCCNC1)N1CCCCC1. The van der Waals surface area contributed by atoms with Crippen LogP contribution in [0.2, 0.25) is 0 Å². The van der Waals surface area contributed by atoms with Crippen LogP contribution in [0.15, 0.2) is 0 Å². The largest absolute Gasteiger partial charge is 0.343 e. The lowest BCUT2D eigenvalue weighted by molar-refractivity contribution is -0.131. The molecule has 0 spiro atoms. The van der Waals surface area contributed by atoms with Gasteiger partial charge in [0.15, 0.2) is 0 Å². The van der Waals surface area contributed by atoms with Crippen LogP contribution in [0, 0.1) is 5.92 Å². The molecule has 0 aromatic carbocycles. The Balaban J connectivity index is 1.52. The predicted octanol–water partition coefficient (Wildman–Crippen LogP) is 0.978. The lowest BCUT2D eigenvalue weighted by Gasteiger charge is -2.27. The van der Waals surface area contributed by atoms with Crippen molar-refractivity contribution >= 4 is 5.91 Å². The molecule has 2 rings (SSSR count). The first kappa shape index (κ1) is 13.8. The van der Waals surface area contributed by atoms with Crippen LogP contribution in [0.25, 0.3) is 0 Å². The van der Waals surface area contributed by atoms with Crippen LogP contribution in [0.1, 0.15) is 38.5 Å². The number of likely N-dealkylation sites (tertiary alicyclic amines) is 1. The van der Waals surface area contributed by atoms with Crippen molar-refractivity contribution in [1.82, 2.24) is 15.5 Å². The Morgan fingerprint density at radius 3 is 2.78 bits per heavy atom. The Morgan fingerprint density at radius 1 is 1.22 bits per heavy atom. The van der Waals surface area contributed by atoms with E-state index in [0.29, 0.717) is 12.3 Å². The smallest absolute Gasteiger partial charge is 0.223 e. The van der Waals surface area contributed by atoms with Crippen molar-refractivity contribution in [3.63, 3.8) is 0 Å². The van der Waals surface area contributed by atoms with Crippen LogP contribution < -0.4 is 10.6 Å². The molecule has 104 valence electrons. The molecule has 0 aromatic heterocycles. The van der Waals surface area contributed by atoms with E-state index < -0.39 is 0 Å². The number of amides is 1. The van der Waals surface area contributed by atoms with E-state index in [4.69, 9.17) is 0 Å². The second-order valence-corrected chi connectivity index (χ2v) is 5.61. The second-order valence-electron chi connectivity index (χ2n) is 5.61. The summed E-state index contributed by atoms with van der Waals surface area (Å²) in [6, 6.07) is 0. The summed E-state index contributed by atoms with van der Waals surface area (Å²) in [5.41, 5.74) is 0. The van der Waals surface area contributed by atoms with Gasteiger partial charge in [-0.1, -0.05) is 0 Å². The first-order valence-electron chi connectivity index (χ1n) is 7.55. The Labute approximate surface area is 110 Å². The molecule has 0 saturated carbocycles. The molecule has 4 nitrogen and oxygen atoms in total. The normalized spacial score (nSPS) is 25.1. The summed E-state index contributed by atoms with van der Waals surface area (Å²) in [4.78, 5) is 14.0. The molecule has 0 bridgehead atoms. The van der Waals surface area contributed by atoms with Crippen molar-refractivity contribution in [3.8, 4) is 0 Å². The molecule has 2 fully saturated rings. The summed E-state index contributed by atoms with van der Waals surface area (Å²) in [6.07, 6.45) is 6.94. The number of hydrogen-bond donors (Lipinski definition) is 2. The predicted molar refractivity (Wildman–Crippen MR) is 73.5 cm³/mol. The number of nitrogens with one attached hydrogen (secondary N) is 2. The van der Waals surface area contributed by atoms with Gasteiger partial charge in [-0.2, -0.15) is 0 Å². The van der Waals surface area contributed by atoms with Gasteiger partial charge in [0.1, 0.15) is 0 Å². The molecule has 2 aliphatic heterocycles. The van der Waals surface area contributed by atoms with E-state index >= 15 is 0 Å². The molecule has 0 aromatic rings. The van der Waals surface area contributed by atoms with E-state index in [1.54, 1.807) is 0 Å². The van der Waals surface area contributed by atoms with Gasteiger partial charge in [0.05, 0.1) is 0 Å². The summed E-state index contributed by atoms with van der Waals surface area (Å²) in [5, 5.41) is 6.86. The number of piperidine rings is 2. The number of carbonyl (C=O) groups is 1. The van der Waals surface area contributed by atoms with Crippen molar-refractivity contribution in [2.24, 2.45) is 5.92 Å².